The Morgan fingerprint density at radius 2 is 1.88 bits per heavy atom. The van der Waals surface area contributed by atoms with Crippen LogP contribution in [0.25, 0.3) is 0 Å². The second-order valence-corrected chi connectivity index (χ2v) is 6.65. The third kappa shape index (κ3) is 7.79. The molecule has 1 amide bonds. The Balaban J connectivity index is 0.00000264. The molecule has 0 spiro atoms. The highest BCUT2D eigenvalue weighted by Gasteiger charge is 2.23. The van der Waals surface area contributed by atoms with Gasteiger partial charge in [-0.15, -0.1) is 24.8 Å². The highest BCUT2D eigenvalue weighted by molar-refractivity contribution is 5.85. The summed E-state index contributed by atoms with van der Waals surface area (Å²) in [4.78, 5) is 18.5. The fraction of sp³-hybridized carbons (Fsp3) is 0.647. The first kappa shape index (κ1) is 23.1. The number of nitrogens with zero attached hydrogens (tertiary/aromatic N) is 2. The summed E-state index contributed by atoms with van der Waals surface area (Å²) in [5, 5.41) is 3.11. The predicted molar refractivity (Wildman–Crippen MR) is 103 cm³/mol. The molecule has 0 aromatic carbocycles. The number of aromatic nitrogens is 1. The number of pyridine rings is 1. The van der Waals surface area contributed by atoms with E-state index in [2.05, 4.69) is 41.2 Å². The summed E-state index contributed by atoms with van der Waals surface area (Å²) >= 11 is 0. The molecular formula is C17H30Cl2N4O. The van der Waals surface area contributed by atoms with Crippen LogP contribution in [0.2, 0.25) is 0 Å². The minimum absolute atomic E-state index is 0. The predicted octanol–water partition coefficient (Wildman–Crippen LogP) is 2.38. The second-order valence-electron chi connectivity index (χ2n) is 6.65. The largest absolute Gasteiger partial charge is 0.352 e. The molecule has 1 aliphatic rings. The zero-order valence-electron chi connectivity index (χ0n) is 14.5. The zero-order valence-corrected chi connectivity index (χ0v) is 16.1. The van der Waals surface area contributed by atoms with E-state index >= 15 is 0 Å². The first-order chi connectivity index (χ1) is 10.5. The third-order valence-corrected chi connectivity index (χ3v) is 4.15. The first-order valence-corrected chi connectivity index (χ1v) is 8.22. The number of nitrogens with two attached hydrogens (primary N) is 1. The quantitative estimate of drug-likeness (QED) is 0.799. The Kier molecular flexibility index (Phi) is 11.2. The Labute approximate surface area is 157 Å². The van der Waals surface area contributed by atoms with E-state index in [4.69, 9.17) is 5.73 Å². The van der Waals surface area contributed by atoms with Crippen molar-refractivity contribution in [1.29, 1.82) is 0 Å². The van der Waals surface area contributed by atoms with E-state index in [9.17, 15) is 4.79 Å². The molecule has 1 aliphatic heterocycles. The summed E-state index contributed by atoms with van der Waals surface area (Å²) in [5.74, 6) is 0.448. The van der Waals surface area contributed by atoms with Gasteiger partial charge in [-0.1, -0.05) is 13.8 Å². The SMILES string of the molecule is CC(C)C[C@H](N)C(=O)NC1CCN(Cc2ccncc2)CC1.Cl.Cl. The number of piperidine rings is 1. The summed E-state index contributed by atoms with van der Waals surface area (Å²) in [6, 6.07) is 3.99. The molecule has 1 fully saturated rings. The van der Waals surface area contributed by atoms with Gasteiger partial charge in [0.1, 0.15) is 0 Å². The van der Waals surface area contributed by atoms with E-state index in [1.165, 1.54) is 5.56 Å². The molecule has 1 saturated heterocycles. The van der Waals surface area contributed by atoms with Gasteiger partial charge in [0, 0.05) is 38.1 Å². The van der Waals surface area contributed by atoms with Crippen LogP contribution in [-0.2, 0) is 11.3 Å². The molecule has 3 N–H and O–H groups in total. The van der Waals surface area contributed by atoms with Crippen LogP contribution in [0.3, 0.4) is 0 Å². The van der Waals surface area contributed by atoms with Crippen LogP contribution in [0.4, 0.5) is 0 Å². The van der Waals surface area contributed by atoms with Gasteiger partial charge in [-0.05, 0) is 42.9 Å². The van der Waals surface area contributed by atoms with Crippen molar-refractivity contribution in [2.75, 3.05) is 13.1 Å². The molecule has 0 aliphatic carbocycles. The molecule has 24 heavy (non-hydrogen) atoms. The lowest BCUT2D eigenvalue weighted by atomic mass is 10.0. The Bertz CT molecular complexity index is 465. The first-order valence-electron chi connectivity index (χ1n) is 8.22. The number of hydrogen-bond acceptors (Lipinski definition) is 4. The van der Waals surface area contributed by atoms with Crippen molar-refractivity contribution >= 4 is 30.7 Å². The lowest BCUT2D eigenvalue weighted by Gasteiger charge is -2.33. The topological polar surface area (TPSA) is 71.2 Å². The average Bonchev–Trinajstić information content (AvgIpc) is 2.49. The van der Waals surface area contributed by atoms with Crippen LogP contribution in [-0.4, -0.2) is 41.0 Å². The van der Waals surface area contributed by atoms with Gasteiger partial charge in [0.25, 0.3) is 0 Å². The van der Waals surface area contributed by atoms with Gasteiger partial charge in [-0.2, -0.15) is 0 Å². The molecule has 0 bridgehead atoms. The van der Waals surface area contributed by atoms with Crippen molar-refractivity contribution in [2.24, 2.45) is 11.7 Å². The number of carbonyl (C=O) groups is 1. The van der Waals surface area contributed by atoms with Gasteiger partial charge in [0.05, 0.1) is 6.04 Å². The maximum absolute atomic E-state index is 12.1. The molecule has 0 unspecified atom stereocenters. The van der Waals surface area contributed by atoms with Crippen LogP contribution in [0, 0.1) is 5.92 Å². The molecule has 1 atom stereocenters. The minimum atomic E-state index is -0.380. The van der Waals surface area contributed by atoms with E-state index in [0.29, 0.717) is 5.92 Å². The van der Waals surface area contributed by atoms with E-state index < -0.39 is 0 Å². The Hall–Kier alpha value is -0.880. The van der Waals surface area contributed by atoms with Crippen molar-refractivity contribution in [1.82, 2.24) is 15.2 Å². The standard InChI is InChI=1S/C17H28N4O.2ClH/c1-13(2)11-16(18)17(22)20-15-5-9-21(10-6-15)12-14-3-7-19-8-4-14;;/h3-4,7-8,13,15-16H,5-6,9-12,18H2,1-2H3,(H,20,22);2*1H/t16-;;/m0../s1. The molecule has 0 saturated carbocycles. The van der Waals surface area contributed by atoms with Crippen LogP contribution in [0.5, 0.6) is 0 Å². The molecule has 138 valence electrons. The number of rotatable bonds is 6. The summed E-state index contributed by atoms with van der Waals surface area (Å²) in [6.07, 6.45) is 6.39. The fourth-order valence-corrected chi connectivity index (χ4v) is 2.90. The minimum Gasteiger partial charge on any atom is -0.352 e. The number of likely N-dealkylation sites (tertiary alicyclic amines) is 1. The molecule has 0 radical (unpaired) electrons. The van der Waals surface area contributed by atoms with Crippen LogP contribution in [0.1, 0.15) is 38.7 Å². The van der Waals surface area contributed by atoms with Crippen LogP contribution < -0.4 is 11.1 Å². The molecule has 2 heterocycles. The summed E-state index contributed by atoms with van der Waals surface area (Å²) in [5.41, 5.74) is 7.22. The van der Waals surface area contributed by atoms with Crippen LogP contribution in [0.15, 0.2) is 24.5 Å². The van der Waals surface area contributed by atoms with Crippen molar-refractivity contribution < 1.29 is 4.79 Å². The van der Waals surface area contributed by atoms with Crippen LogP contribution >= 0.6 is 24.8 Å². The number of hydrogen-bond donors (Lipinski definition) is 2. The summed E-state index contributed by atoms with van der Waals surface area (Å²) < 4.78 is 0. The highest BCUT2D eigenvalue weighted by Crippen LogP contribution is 2.14. The van der Waals surface area contributed by atoms with E-state index in [1.807, 2.05) is 12.4 Å². The monoisotopic (exact) mass is 376 g/mol. The van der Waals surface area contributed by atoms with Gasteiger partial charge < -0.3 is 11.1 Å². The van der Waals surface area contributed by atoms with Crippen molar-refractivity contribution in [3.8, 4) is 0 Å². The molecule has 5 nitrogen and oxygen atoms in total. The third-order valence-electron chi connectivity index (χ3n) is 4.15. The van der Waals surface area contributed by atoms with E-state index in [1.54, 1.807) is 0 Å². The zero-order chi connectivity index (χ0) is 15.9. The number of carbonyl (C=O) groups excluding carboxylic acids is 1. The maximum Gasteiger partial charge on any atom is 0.237 e. The second kappa shape index (κ2) is 11.6. The molecular weight excluding hydrogens is 347 g/mol. The smallest absolute Gasteiger partial charge is 0.237 e. The number of amides is 1. The maximum atomic E-state index is 12.1. The number of halogens is 2. The van der Waals surface area contributed by atoms with Gasteiger partial charge in [0.2, 0.25) is 5.91 Å². The molecule has 1 aromatic rings. The normalized spacial score (nSPS) is 16.8. The summed E-state index contributed by atoms with van der Waals surface area (Å²) in [6.45, 7) is 7.14. The van der Waals surface area contributed by atoms with Gasteiger partial charge in [-0.3, -0.25) is 14.7 Å². The van der Waals surface area contributed by atoms with Gasteiger partial charge >= 0.3 is 0 Å². The molecule has 1 aromatic heterocycles. The van der Waals surface area contributed by atoms with E-state index in [-0.39, 0.29) is 42.8 Å². The number of nitrogens with one attached hydrogen (secondary N) is 1. The lowest BCUT2D eigenvalue weighted by Crippen LogP contribution is -2.49. The average molecular weight is 377 g/mol. The van der Waals surface area contributed by atoms with Crippen molar-refractivity contribution in [3.05, 3.63) is 30.1 Å². The van der Waals surface area contributed by atoms with Crippen molar-refractivity contribution in [3.63, 3.8) is 0 Å². The lowest BCUT2D eigenvalue weighted by molar-refractivity contribution is -0.123. The van der Waals surface area contributed by atoms with Crippen molar-refractivity contribution in [2.45, 2.75) is 51.7 Å². The molecule has 2 rings (SSSR count). The Morgan fingerprint density at radius 3 is 2.42 bits per heavy atom. The highest BCUT2D eigenvalue weighted by atomic mass is 35.5. The van der Waals surface area contributed by atoms with Gasteiger partial charge in [0.15, 0.2) is 0 Å². The van der Waals surface area contributed by atoms with E-state index in [0.717, 1.165) is 38.9 Å². The summed E-state index contributed by atoms with van der Waals surface area (Å²) in [7, 11) is 0. The fourth-order valence-electron chi connectivity index (χ4n) is 2.90. The van der Waals surface area contributed by atoms with Gasteiger partial charge in [-0.25, -0.2) is 0 Å². The molecule has 7 heteroatoms. The Morgan fingerprint density at radius 1 is 1.29 bits per heavy atom.